The van der Waals surface area contributed by atoms with Crippen molar-refractivity contribution < 1.29 is 19.0 Å². The third-order valence-corrected chi connectivity index (χ3v) is 7.90. The average molecular weight is 326 g/mol. The zero-order valence-corrected chi connectivity index (χ0v) is 14.1. The zero-order valence-electron chi connectivity index (χ0n) is 14.1. The van der Waals surface area contributed by atoms with Crippen molar-refractivity contribution in [3.8, 4) is 0 Å². The molecule has 1 spiro atoms. The highest BCUT2D eigenvalue weighted by Gasteiger charge is 2.76. The maximum absolute atomic E-state index is 13.1. The molecule has 7 aliphatic rings. The first-order valence-electron chi connectivity index (χ1n) is 9.06. The summed E-state index contributed by atoms with van der Waals surface area (Å²) in [6.45, 7) is 0. The van der Waals surface area contributed by atoms with Crippen LogP contribution in [0.2, 0.25) is 0 Å². The highest BCUT2D eigenvalue weighted by molar-refractivity contribution is 6.03. The number of rotatable bonds is 2. The van der Waals surface area contributed by atoms with Crippen LogP contribution in [-0.2, 0) is 19.0 Å². The first kappa shape index (κ1) is 13.9. The molecule has 0 unspecified atom stereocenters. The van der Waals surface area contributed by atoms with Gasteiger partial charge in [-0.15, -0.1) is 0 Å². The molecule has 1 heterocycles. The fraction of sp³-hybridized carbons (Fsp3) is 0.650. The molecule has 4 bridgehead atoms. The van der Waals surface area contributed by atoms with Crippen molar-refractivity contribution in [2.75, 3.05) is 14.2 Å². The molecule has 1 saturated heterocycles. The van der Waals surface area contributed by atoms with Crippen molar-refractivity contribution in [2.24, 2.45) is 17.3 Å². The fourth-order valence-electron chi connectivity index (χ4n) is 7.05. The van der Waals surface area contributed by atoms with Crippen molar-refractivity contribution in [3.05, 3.63) is 34.6 Å². The molecule has 4 heteroatoms. The summed E-state index contributed by atoms with van der Waals surface area (Å²) >= 11 is 0. The van der Waals surface area contributed by atoms with Gasteiger partial charge in [0.25, 0.3) is 0 Å². The van der Waals surface area contributed by atoms with Gasteiger partial charge in [-0.05, 0) is 60.3 Å². The van der Waals surface area contributed by atoms with E-state index >= 15 is 0 Å². The standard InChI is InChI=1S/C20H22O4/c1-22-10-3-4-11-15-12(7-10)13(21)8-19-5-6-20(23-2)14(9-19)24-18(11)17(20)16(15)19/h3,7,14,16-18H,4-6,8-9H2,1-2H3/t14-,16-,17-,18+,19+,20+/m1/s1. The molecule has 4 saturated carbocycles. The largest absolute Gasteiger partial charge is 0.497 e. The van der Waals surface area contributed by atoms with Gasteiger partial charge >= 0.3 is 0 Å². The van der Waals surface area contributed by atoms with E-state index in [0.29, 0.717) is 24.0 Å². The van der Waals surface area contributed by atoms with Gasteiger partial charge in [0.05, 0.1) is 19.3 Å². The smallest absolute Gasteiger partial charge is 0.163 e. The van der Waals surface area contributed by atoms with E-state index in [-0.39, 0.29) is 23.2 Å². The predicted octanol–water partition coefficient (Wildman–Crippen LogP) is 2.70. The summed E-state index contributed by atoms with van der Waals surface area (Å²) in [6.07, 6.45) is 8.96. The van der Waals surface area contributed by atoms with Crippen molar-refractivity contribution in [1.82, 2.24) is 0 Å². The lowest BCUT2D eigenvalue weighted by Gasteiger charge is -2.61. The molecule has 126 valence electrons. The molecule has 6 aliphatic carbocycles. The molecular weight excluding hydrogens is 304 g/mol. The van der Waals surface area contributed by atoms with Gasteiger partial charge in [0.15, 0.2) is 5.78 Å². The Hall–Kier alpha value is -1.39. The summed E-state index contributed by atoms with van der Waals surface area (Å²) in [6, 6.07) is 0. The maximum Gasteiger partial charge on any atom is 0.163 e. The van der Waals surface area contributed by atoms with Crippen LogP contribution in [0.1, 0.15) is 32.1 Å². The molecular formula is C20H22O4. The first-order valence-corrected chi connectivity index (χ1v) is 9.06. The topological polar surface area (TPSA) is 44.8 Å². The van der Waals surface area contributed by atoms with Crippen molar-refractivity contribution >= 4 is 5.78 Å². The van der Waals surface area contributed by atoms with Crippen LogP contribution >= 0.6 is 0 Å². The van der Waals surface area contributed by atoms with Crippen molar-refractivity contribution in [1.29, 1.82) is 0 Å². The lowest BCUT2D eigenvalue weighted by Crippen LogP contribution is -2.64. The van der Waals surface area contributed by atoms with E-state index in [2.05, 4.69) is 6.08 Å². The number of carbonyl (C=O) groups excluding carboxylic acids is 1. The van der Waals surface area contributed by atoms with E-state index in [4.69, 9.17) is 14.2 Å². The molecule has 0 aromatic rings. The number of ether oxygens (including phenoxy) is 3. The van der Waals surface area contributed by atoms with Crippen LogP contribution in [0.15, 0.2) is 34.6 Å². The number of hydrogen-bond donors (Lipinski definition) is 0. The average Bonchev–Trinajstić information content (AvgIpc) is 2.94. The van der Waals surface area contributed by atoms with Crippen LogP contribution in [0.3, 0.4) is 0 Å². The molecule has 0 amide bonds. The van der Waals surface area contributed by atoms with Crippen LogP contribution in [0.25, 0.3) is 0 Å². The molecule has 1 aliphatic heterocycles. The third-order valence-electron chi connectivity index (χ3n) is 7.90. The van der Waals surface area contributed by atoms with Gasteiger partial charge in [-0.3, -0.25) is 4.79 Å². The summed E-state index contributed by atoms with van der Waals surface area (Å²) in [4.78, 5) is 13.1. The van der Waals surface area contributed by atoms with Crippen molar-refractivity contribution in [3.63, 3.8) is 0 Å². The van der Waals surface area contributed by atoms with Crippen LogP contribution in [0, 0.1) is 17.3 Å². The Labute approximate surface area is 141 Å². The highest BCUT2D eigenvalue weighted by Crippen LogP contribution is 2.74. The maximum atomic E-state index is 13.1. The summed E-state index contributed by atoms with van der Waals surface area (Å²) in [5, 5.41) is 0. The Bertz CT molecular complexity index is 775. The predicted molar refractivity (Wildman–Crippen MR) is 86.1 cm³/mol. The Morgan fingerprint density at radius 1 is 1.29 bits per heavy atom. The number of methoxy groups -OCH3 is 2. The number of fused-ring (bicyclic) bond motifs is 2. The summed E-state index contributed by atoms with van der Waals surface area (Å²) in [5.41, 5.74) is 3.48. The van der Waals surface area contributed by atoms with Gasteiger partial charge in [-0.2, -0.15) is 0 Å². The van der Waals surface area contributed by atoms with E-state index < -0.39 is 0 Å². The van der Waals surface area contributed by atoms with Gasteiger partial charge in [-0.25, -0.2) is 0 Å². The summed E-state index contributed by atoms with van der Waals surface area (Å²) in [5.74, 6) is 1.93. The second-order valence-corrected chi connectivity index (χ2v) is 8.39. The summed E-state index contributed by atoms with van der Waals surface area (Å²) in [7, 11) is 3.53. The number of carbonyl (C=O) groups is 1. The van der Waals surface area contributed by atoms with Crippen LogP contribution in [0.5, 0.6) is 0 Å². The van der Waals surface area contributed by atoms with E-state index in [0.717, 1.165) is 37.0 Å². The number of hydrogen-bond acceptors (Lipinski definition) is 4. The van der Waals surface area contributed by atoms with E-state index in [1.54, 1.807) is 7.11 Å². The Kier molecular flexibility index (Phi) is 2.34. The molecule has 0 aromatic carbocycles. The zero-order chi connectivity index (χ0) is 16.3. The quantitative estimate of drug-likeness (QED) is 0.783. The lowest BCUT2D eigenvalue weighted by molar-refractivity contribution is -0.194. The Morgan fingerprint density at radius 2 is 2.17 bits per heavy atom. The van der Waals surface area contributed by atoms with Gasteiger partial charge in [0, 0.05) is 25.0 Å². The van der Waals surface area contributed by atoms with Gasteiger partial charge in [0.1, 0.15) is 11.4 Å². The van der Waals surface area contributed by atoms with Gasteiger partial charge in [-0.1, -0.05) is 0 Å². The number of ketones is 1. The minimum Gasteiger partial charge on any atom is -0.497 e. The van der Waals surface area contributed by atoms with Crippen LogP contribution < -0.4 is 0 Å². The van der Waals surface area contributed by atoms with Crippen molar-refractivity contribution in [2.45, 2.75) is 49.9 Å². The second kappa shape index (κ2) is 4.05. The molecule has 0 radical (unpaired) electrons. The van der Waals surface area contributed by atoms with E-state index in [9.17, 15) is 4.79 Å². The minimum absolute atomic E-state index is 0.105. The van der Waals surface area contributed by atoms with Gasteiger partial charge in [0.2, 0.25) is 0 Å². The molecule has 6 atom stereocenters. The molecule has 0 aromatic heterocycles. The summed E-state index contributed by atoms with van der Waals surface area (Å²) < 4.78 is 18.2. The molecule has 24 heavy (non-hydrogen) atoms. The minimum atomic E-state index is -0.136. The second-order valence-electron chi connectivity index (χ2n) is 8.39. The van der Waals surface area contributed by atoms with Gasteiger partial charge < -0.3 is 14.2 Å². The first-order chi connectivity index (χ1) is 11.6. The number of Topliss-reactive ketones (excluding diaryl/α,β-unsaturated/α-hetero) is 1. The van der Waals surface area contributed by atoms with Crippen LogP contribution in [0.4, 0.5) is 0 Å². The monoisotopic (exact) mass is 326 g/mol. The Balaban J connectivity index is 1.61. The molecule has 7 rings (SSSR count). The number of allylic oxidation sites excluding steroid dienone is 4. The highest BCUT2D eigenvalue weighted by atomic mass is 16.6. The molecule has 5 fully saturated rings. The van der Waals surface area contributed by atoms with E-state index in [1.165, 1.54) is 11.1 Å². The third kappa shape index (κ3) is 1.25. The van der Waals surface area contributed by atoms with Crippen LogP contribution in [-0.4, -0.2) is 37.8 Å². The lowest BCUT2D eigenvalue weighted by atomic mass is 9.44. The SMILES string of the molecule is COC1=CCC2=C3C(=C1)C(=O)C[C@]14CC[C@@]5(OC)[C@H]([C@@H]31)[C@H]2O[C@@H]5C4. The fourth-order valence-corrected chi connectivity index (χ4v) is 7.05. The Morgan fingerprint density at radius 3 is 2.96 bits per heavy atom. The molecule has 4 nitrogen and oxygen atoms in total. The molecule has 0 N–H and O–H groups in total. The normalized spacial score (nSPS) is 50.0. The van der Waals surface area contributed by atoms with E-state index in [1.807, 2.05) is 13.2 Å².